The summed E-state index contributed by atoms with van der Waals surface area (Å²) in [4.78, 5) is 9.45. The zero-order valence-electron chi connectivity index (χ0n) is 11.5. The zero-order chi connectivity index (χ0) is 14.7. The Morgan fingerprint density at radius 2 is 2.00 bits per heavy atom. The maximum absolute atomic E-state index is 13.9. The van der Waals surface area contributed by atoms with Crippen molar-refractivity contribution in [2.24, 2.45) is 0 Å². The lowest BCUT2D eigenvalue weighted by molar-refractivity contribution is 0.624. The van der Waals surface area contributed by atoms with Crippen molar-refractivity contribution in [3.05, 3.63) is 60.3 Å². The number of nitrogens with zero attached hydrogens (tertiary/aromatic N) is 2. The molecule has 5 heteroatoms. The number of aromatic nitrogens is 2. The molecule has 0 unspecified atom stereocenters. The Hall–Kier alpha value is -2.11. The van der Waals surface area contributed by atoms with Gasteiger partial charge < -0.3 is 5.32 Å². The second kappa shape index (κ2) is 6.11. The SMILES string of the molecule is CNCc1nc(-c2ccncc2F)sc1-c1ccccc1. The van der Waals surface area contributed by atoms with Crippen LogP contribution in [0.25, 0.3) is 21.0 Å². The molecule has 0 radical (unpaired) electrons. The summed E-state index contributed by atoms with van der Waals surface area (Å²) < 4.78 is 13.9. The van der Waals surface area contributed by atoms with E-state index >= 15 is 0 Å². The third-order valence-electron chi connectivity index (χ3n) is 3.08. The molecule has 106 valence electrons. The topological polar surface area (TPSA) is 37.8 Å². The molecule has 21 heavy (non-hydrogen) atoms. The van der Waals surface area contributed by atoms with Gasteiger partial charge in [-0.05, 0) is 18.7 Å². The average molecular weight is 299 g/mol. The summed E-state index contributed by atoms with van der Waals surface area (Å²) in [5, 5.41) is 3.79. The maximum atomic E-state index is 13.9. The van der Waals surface area contributed by atoms with E-state index in [0.717, 1.165) is 16.1 Å². The number of thiazole rings is 1. The standard InChI is InChI=1S/C16H14FN3S/c1-18-10-14-15(11-5-3-2-4-6-11)21-16(20-14)12-7-8-19-9-13(12)17/h2-9,18H,10H2,1H3. The summed E-state index contributed by atoms with van der Waals surface area (Å²) >= 11 is 1.50. The first-order valence-electron chi connectivity index (χ1n) is 6.59. The van der Waals surface area contributed by atoms with E-state index in [2.05, 4.69) is 15.3 Å². The molecule has 0 fully saturated rings. The van der Waals surface area contributed by atoms with E-state index < -0.39 is 0 Å². The number of pyridine rings is 1. The minimum Gasteiger partial charge on any atom is -0.314 e. The van der Waals surface area contributed by atoms with Crippen LogP contribution in [0.3, 0.4) is 0 Å². The quantitative estimate of drug-likeness (QED) is 0.797. The van der Waals surface area contributed by atoms with Gasteiger partial charge in [0.05, 0.1) is 16.8 Å². The molecule has 0 saturated carbocycles. The van der Waals surface area contributed by atoms with Crippen LogP contribution < -0.4 is 5.32 Å². The van der Waals surface area contributed by atoms with Gasteiger partial charge in [0, 0.05) is 18.3 Å². The van der Waals surface area contributed by atoms with Gasteiger partial charge in [-0.15, -0.1) is 11.3 Å². The van der Waals surface area contributed by atoms with Gasteiger partial charge in [-0.1, -0.05) is 30.3 Å². The van der Waals surface area contributed by atoms with Crippen molar-refractivity contribution in [2.45, 2.75) is 6.54 Å². The van der Waals surface area contributed by atoms with E-state index in [9.17, 15) is 4.39 Å². The van der Waals surface area contributed by atoms with Crippen molar-refractivity contribution in [3.63, 3.8) is 0 Å². The highest BCUT2D eigenvalue weighted by atomic mass is 32.1. The Balaban J connectivity index is 2.11. The lowest BCUT2D eigenvalue weighted by atomic mass is 10.1. The molecule has 2 heterocycles. The molecule has 1 N–H and O–H groups in total. The fourth-order valence-electron chi connectivity index (χ4n) is 2.12. The van der Waals surface area contributed by atoms with Crippen LogP contribution in [0.1, 0.15) is 5.69 Å². The minimum absolute atomic E-state index is 0.345. The Kier molecular flexibility index (Phi) is 4.03. The highest BCUT2D eigenvalue weighted by Gasteiger charge is 2.15. The van der Waals surface area contributed by atoms with Gasteiger partial charge in [0.25, 0.3) is 0 Å². The van der Waals surface area contributed by atoms with Gasteiger partial charge in [-0.3, -0.25) is 4.98 Å². The summed E-state index contributed by atoms with van der Waals surface area (Å²) in [5.74, 6) is -0.345. The monoisotopic (exact) mass is 299 g/mol. The van der Waals surface area contributed by atoms with Crippen molar-refractivity contribution in [1.82, 2.24) is 15.3 Å². The Morgan fingerprint density at radius 3 is 2.71 bits per heavy atom. The van der Waals surface area contributed by atoms with Crippen LogP contribution in [0.4, 0.5) is 4.39 Å². The van der Waals surface area contributed by atoms with Crippen molar-refractivity contribution < 1.29 is 4.39 Å². The largest absolute Gasteiger partial charge is 0.314 e. The van der Waals surface area contributed by atoms with Crippen molar-refractivity contribution in [2.75, 3.05) is 7.05 Å². The van der Waals surface area contributed by atoms with Gasteiger partial charge in [-0.25, -0.2) is 9.37 Å². The molecule has 0 saturated heterocycles. The van der Waals surface area contributed by atoms with Crippen LogP contribution in [-0.4, -0.2) is 17.0 Å². The number of hydrogen-bond donors (Lipinski definition) is 1. The number of halogens is 1. The van der Waals surface area contributed by atoms with Crippen molar-refractivity contribution in [1.29, 1.82) is 0 Å². The van der Waals surface area contributed by atoms with Crippen LogP contribution >= 0.6 is 11.3 Å². The minimum atomic E-state index is -0.345. The van der Waals surface area contributed by atoms with Crippen LogP contribution in [0.5, 0.6) is 0 Å². The van der Waals surface area contributed by atoms with E-state index in [0.29, 0.717) is 17.1 Å². The summed E-state index contributed by atoms with van der Waals surface area (Å²) in [7, 11) is 1.88. The van der Waals surface area contributed by atoms with Crippen LogP contribution in [0, 0.1) is 5.82 Å². The van der Waals surface area contributed by atoms with Gasteiger partial charge in [0.1, 0.15) is 5.01 Å². The third kappa shape index (κ3) is 2.84. The molecule has 0 aliphatic carbocycles. The fourth-order valence-corrected chi connectivity index (χ4v) is 3.23. The third-order valence-corrected chi connectivity index (χ3v) is 4.26. The number of benzene rings is 1. The van der Waals surface area contributed by atoms with Crippen molar-refractivity contribution in [3.8, 4) is 21.0 Å². The smallest absolute Gasteiger partial charge is 0.151 e. The van der Waals surface area contributed by atoms with E-state index in [1.807, 2.05) is 37.4 Å². The van der Waals surface area contributed by atoms with Crippen LogP contribution in [0.2, 0.25) is 0 Å². The molecule has 0 bridgehead atoms. The van der Waals surface area contributed by atoms with E-state index in [4.69, 9.17) is 0 Å². The molecule has 3 rings (SSSR count). The second-order valence-electron chi connectivity index (χ2n) is 4.55. The van der Waals surface area contributed by atoms with Crippen LogP contribution in [-0.2, 0) is 6.54 Å². The molecule has 0 aliphatic heterocycles. The average Bonchev–Trinajstić information content (AvgIpc) is 2.93. The second-order valence-corrected chi connectivity index (χ2v) is 5.55. The molecule has 0 amide bonds. The Morgan fingerprint density at radius 1 is 1.19 bits per heavy atom. The number of hydrogen-bond acceptors (Lipinski definition) is 4. The molecule has 1 aromatic carbocycles. The molecule has 0 atom stereocenters. The van der Waals surface area contributed by atoms with E-state index in [1.165, 1.54) is 17.5 Å². The first-order chi connectivity index (χ1) is 10.3. The maximum Gasteiger partial charge on any atom is 0.151 e. The molecular formula is C16H14FN3S. The zero-order valence-corrected chi connectivity index (χ0v) is 12.3. The Bertz CT molecular complexity index is 740. The van der Waals surface area contributed by atoms with Gasteiger partial charge >= 0.3 is 0 Å². The predicted molar refractivity (Wildman–Crippen MR) is 83.5 cm³/mol. The molecule has 0 aliphatic rings. The fraction of sp³-hybridized carbons (Fsp3) is 0.125. The first kappa shape index (κ1) is 13.9. The van der Waals surface area contributed by atoms with Crippen LogP contribution in [0.15, 0.2) is 48.8 Å². The lowest BCUT2D eigenvalue weighted by Gasteiger charge is -2.00. The molecule has 2 aromatic heterocycles. The van der Waals surface area contributed by atoms with Gasteiger partial charge in [-0.2, -0.15) is 0 Å². The summed E-state index contributed by atoms with van der Waals surface area (Å²) in [5.41, 5.74) is 2.52. The molecule has 3 nitrogen and oxygen atoms in total. The highest BCUT2D eigenvalue weighted by molar-refractivity contribution is 7.18. The van der Waals surface area contributed by atoms with Gasteiger partial charge in [0.15, 0.2) is 5.82 Å². The number of rotatable bonds is 4. The van der Waals surface area contributed by atoms with E-state index in [-0.39, 0.29) is 5.82 Å². The van der Waals surface area contributed by atoms with Crippen molar-refractivity contribution >= 4 is 11.3 Å². The van der Waals surface area contributed by atoms with E-state index in [1.54, 1.807) is 12.3 Å². The lowest BCUT2D eigenvalue weighted by Crippen LogP contribution is -2.06. The molecular weight excluding hydrogens is 285 g/mol. The normalized spacial score (nSPS) is 10.8. The summed E-state index contributed by atoms with van der Waals surface area (Å²) in [6, 6.07) is 11.7. The predicted octanol–water partition coefficient (Wildman–Crippen LogP) is 3.73. The first-order valence-corrected chi connectivity index (χ1v) is 7.41. The Labute approximate surface area is 126 Å². The van der Waals surface area contributed by atoms with Gasteiger partial charge in [0.2, 0.25) is 0 Å². The molecule has 0 spiro atoms. The molecule has 3 aromatic rings. The number of nitrogens with one attached hydrogen (secondary N) is 1. The highest BCUT2D eigenvalue weighted by Crippen LogP contribution is 2.36. The summed E-state index contributed by atoms with van der Waals surface area (Å²) in [6.07, 6.45) is 2.80. The summed E-state index contributed by atoms with van der Waals surface area (Å²) in [6.45, 7) is 0.646.